The van der Waals surface area contributed by atoms with Crippen molar-refractivity contribution in [1.82, 2.24) is 19.3 Å². The molecule has 3 heterocycles. The van der Waals surface area contributed by atoms with E-state index in [1.54, 1.807) is 17.1 Å². The number of carbonyl (C=O) groups is 1. The number of nitrogens with zero attached hydrogens (tertiary/aromatic N) is 4. The van der Waals surface area contributed by atoms with E-state index in [4.69, 9.17) is 0 Å². The number of thiazole rings is 1. The summed E-state index contributed by atoms with van der Waals surface area (Å²) in [6.45, 7) is 0. The first kappa shape index (κ1) is 14.4. The lowest BCUT2D eigenvalue weighted by Crippen LogP contribution is -2.15. The Morgan fingerprint density at radius 1 is 1.08 bits per heavy atom. The molecular weight excluding hydrogens is 322 g/mol. The van der Waals surface area contributed by atoms with Crippen LogP contribution in [0.1, 0.15) is 10.4 Å². The van der Waals surface area contributed by atoms with Gasteiger partial charge in [-0.3, -0.25) is 10.1 Å². The average molecular weight is 335 g/mol. The minimum atomic E-state index is -0.240. The van der Waals surface area contributed by atoms with E-state index in [-0.39, 0.29) is 5.91 Å². The molecule has 4 rings (SSSR count). The molecular formula is C17H13N5OS. The van der Waals surface area contributed by atoms with Crippen LogP contribution in [0.5, 0.6) is 0 Å². The van der Waals surface area contributed by atoms with Gasteiger partial charge in [0.05, 0.1) is 11.9 Å². The van der Waals surface area contributed by atoms with Crippen molar-refractivity contribution >= 4 is 22.4 Å². The van der Waals surface area contributed by atoms with Gasteiger partial charge >= 0.3 is 0 Å². The third-order valence-corrected chi connectivity index (χ3v) is 4.18. The Kier molecular flexibility index (Phi) is 3.68. The highest BCUT2D eigenvalue weighted by Crippen LogP contribution is 2.21. The van der Waals surface area contributed by atoms with Crippen molar-refractivity contribution in [3.8, 4) is 11.5 Å². The molecule has 6 nitrogen and oxygen atoms in total. The first-order valence-electron chi connectivity index (χ1n) is 7.30. The molecule has 0 bridgehead atoms. The summed E-state index contributed by atoms with van der Waals surface area (Å²) in [7, 11) is 0. The van der Waals surface area contributed by atoms with Crippen molar-refractivity contribution in [2.75, 3.05) is 5.32 Å². The Bertz CT molecular complexity index is 942. The van der Waals surface area contributed by atoms with Crippen LogP contribution in [0.15, 0.2) is 72.6 Å². The Morgan fingerprint density at radius 3 is 2.58 bits per heavy atom. The summed E-state index contributed by atoms with van der Waals surface area (Å²) in [5, 5.41) is 9.59. The van der Waals surface area contributed by atoms with Gasteiger partial charge in [0, 0.05) is 24.0 Å². The SMILES string of the molecule is O=C(Nc1nccs1)c1cnn(-c2ccccc2)c1-n1cccc1. The number of carbonyl (C=O) groups excluding carboxylic acids is 1. The van der Waals surface area contributed by atoms with E-state index in [0.717, 1.165) is 5.69 Å². The molecule has 0 aliphatic rings. The molecule has 0 unspecified atom stereocenters. The molecule has 4 aromatic rings. The molecule has 7 heteroatoms. The summed E-state index contributed by atoms with van der Waals surface area (Å²) < 4.78 is 3.62. The maximum absolute atomic E-state index is 12.7. The van der Waals surface area contributed by atoms with Crippen molar-refractivity contribution in [2.45, 2.75) is 0 Å². The Balaban J connectivity index is 1.80. The second-order valence-corrected chi connectivity index (χ2v) is 5.91. The number of rotatable bonds is 4. The summed E-state index contributed by atoms with van der Waals surface area (Å²) >= 11 is 1.38. The quantitative estimate of drug-likeness (QED) is 0.622. The lowest BCUT2D eigenvalue weighted by Gasteiger charge is -2.10. The lowest BCUT2D eigenvalue weighted by atomic mass is 10.3. The van der Waals surface area contributed by atoms with Crippen LogP contribution in [0.4, 0.5) is 5.13 Å². The molecule has 118 valence electrons. The van der Waals surface area contributed by atoms with Crippen LogP contribution < -0.4 is 5.32 Å². The standard InChI is InChI=1S/C17H13N5OS/c23-15(20-17-18-8-11-24-17)14-12-19-22(13-6-2-1-3-7-13)16(14)21-9-4-5-10-21/h1-12H,(H,18,20,23). The van der Waals surface area contributed by atoms with E-state index >= 15 is 0 Å². The van der Waals surface area contributed by atoms with Crippen LogP contribution in [0.25, 0.3) is 11.5 Å². The summed E-state index contributed by atoms with van der Waals surface area (Å²) in [6.07, 6.45) is 7.00. The maximum atomic E-state index is 12.7. The fourth-order valence-electron chi connectivity index (χ4n) is 2.43. The molecule has 1 amide bonds. The van der Waals surface area contributed by atoms with E-state index in [2.05, 4.69) is 15.4 Å². The smallest absolute Gasteiger partial charge is 0.262 e. The summed E-state index contributed by atoms with van der Waals surface area (Å²) in [6, 6.07) is 13.5. The summed E-state index contributed by atoms with van der Waals surface area (Å²) in [5.41, 5.74) is 1.36. The molecule has 24 heavy (non-hydrogen) atoms. The lowest BCUT2D eigenvalue weighted by molar-refractivity contribution is 0.102. The van der Waals surface area contributed by atoms with Gasteiger partial charge in [-0.05, 0) is 24.3 Å². The minimum Gasteiger partial charge on any atom is -0.308 e. The zero-order valence-electron chi connectivity index (χ0n) is 12.5. The zero-order chi connectivity index (χ0) is 16.4. The van der Waals surface area contributed by atoms with Crippen molar-refractivity contribution in [1.29, 1.82) is 0 Å². The molecule has 0 radical (unpaired) electrons. The summed E-state index contributed by atoms with van der Waals surface area (Å²) in [4.78, 5) is 16.8. The predicted octanol–water partition coefficient (Wildman–Crippen LogP) is 3.37. The third-order valence-electron chi connectivity index (χ3n) is 3.49. The van der Waals surface area contributed by atoms with Crippen LogP contribution >= 0.6 is 11.3 Å². The van der Waals surface area contributed by atoms with Gasteiger partial charge in [-0.2, -0.15) is 5.10 Å². The van der Waals surface area contributed by atoms with E-state index in [0.29, 0.717) is 16.5 Å². The number of nitrogens with one attached hydrogen (secondary N) is 1. The predicted molar refractivity (Wildman–Crippen MR) is 93.0 cm³/mol. The molecule has 0 spiro atoms. The number of amides is 1. The Morgan fingerprint density at radius 2 is 1.88 bits per heavy atom. The Labute approximate surface area is 142 Å². The molecule has 0 saturated carbocycles. The number of hydrogen-bond donors (Lipinski definition) is 1. The van der Waals surface area contributed by atoms with Crippen LogP contribution in [0, 0.1) is 0 Å². The molecule has 3 aromatic heterocycles. The van der Waals surface area contributed by atoms with Gasteiger partial charge in [-0.1, -0.05) is 18.2 Å². The van der Waals surface area contributed by atoms with E-state index in [1.165, 1.54) is 11.3 Å². The molecule has 0 fully saturated rings. The van der Waals surface area contributed by atoms with Crippen molar-refractivity contribution in [3.63, 3.8) is 0 Å². The van der Waals surface area contributed by atoms with Crippen LogP contribution in [-0.4, -0.2) is 25.2 Å². The normalized spacial score (nSPS) is 10.7. The topological polar surface area (TPSA) is 64.7 Å². The second kappa shape index (κ2) is 6.13. The molecule has 0 atom stereocenters. The van der Waals surface area contributed by atoms with E-state index in [1.807, 2.05) is 64.8 Å². The maximum Gasteiger partial charge on any atom is 0.262 e. The molecule has 1 aromatic carbocycles. The van der Waals surface area contributed by atoms with Crippen molar-refractivity contribution in [3.05, 3.63) is 78.2 Å². The third kappa shape index (κ3) is 2.61. The molecule has 0 saturated heterocycles. The van der Waals surface area contributed by atoms with E-state index < -0.39 is 0 Å². The van der Waals surface area contributed by atoms with Gasteiger partial charge in [-0.25, -0.2) is 9.67 Å². The average Bonchev–Trinajstić information content (AvgIpc) is 3.36. The van der Waals surface area contributed by atoms with Gasteiger partial charge in [0.25, 0.3) is 5.91 Å². The zero-order valence-corrected chi connectivity index (χ0v) is 13.4. The number of benzene rings is 1. The van der Waals surface area contributed by atoms with Gasteiger partial charge in [0.1, 0.15) is 5.56 Å². The minimum absolute atomic E-state index is 0.240. The van der Waals surface area contributed by atoms with Gasteiger partial charge < -0.3 is 4.57 Å². The first-order chi connectivity index (χ1) is 11.8. The molecule has 0 aliphatic carbocycles. The van der Waals surface area contributed by atoms with Gasteiger partial charge in [0.15, 0.2) is 10.9 Å². The molecule has 0 aliphatic heterocycles. The number of aromatic nitrogens is 4. The van der Waals surface area contributed by atoms with Crippen LogP contribution in [-0.2, 0) is 0 Å². The highest BCUT2D eigenvalue weighted by molar-refractivity contribution is 7.13. The van der Waals surface area contributed by atoms with Crippen molar-refractivity contribution < 1.29 is 4.79 Å². The monoisotopic (exact) mass is 335 g/mol. The fourth-order valence-corrected chi connectivity index (χ4v) is 2.96. The Hall–Kier alpha value is -3.19. The first-order valence-corrected chi connectivity index (χ1v) is 8.18. The largest absolute Gasteiger partial charge is 0.308 e. The van der Waals surface area contributed by atoms with E-state index in [9.17, 15) is 4.79 Å². The van der Waals surface area contributed by atoms with Crippen LogP contribution in [0.2, 0.25) is 0 Å². The molecule has 1 N–H and O–H groups in total. The van der Waals surface area contributed by atoms with Gasteiger partial charge in [0.2, 0.25) is 0 Å². The fraction of sp³-hybridized carbons (Fsp3) is 0. The van der Waals surface area contributed by atoms with Gasteiger partial charge in [-0.15, -0.1) is 11.3 Å². The highest BCUT2D eigenvalue weighted by Gasteiger charge is 2.20. The number of anilines is 1. The number of para-hydroxylation sites is 1. The second-order valence-electron chi connectivity index (χ2n) is 5.01. The van der Waals surface area contributed by atoms with Crippen molar-refractivity contribution in [2.24, 2.45) is 0 Å². The highest BCUT2D eigenvalue weighted by atomic mass is 32.1. The number of hydrogen-bond acceptors (Lipinski definition) is 4. The summed E-state index contributed by atoms with van der Waals surface area (Å²) in [5.74, 6) is 0.441. The van der Waals surface area contributed by atoms with Crippen LogP contribution in [0.3, 0.4) is 0 Å².